The first kappa shape index (κ1) is 59.9. The first-order valence-electron chi connectivity index (χ1n) is 26.4. The van der Waals surface area contributed by atoms with Gasteiger partial charge >= 0.3 is 17.9 Å². The third kappa shape index (κ3) is 49.7. The van der Waals surface area contributed by atoms with Crippen molar-refractivity contribution in [2.45, 2.75) is 258 Å². The van der Waals surface area contributed by atoms with Crippen LogP contribution in [0.25, 0.3) is 0 Å². The largest absolute Gasteiger partial charge is 0.462 e. The molecule has 0 heterocycles. The van der Waals surface area contributed by atoms with Crippen molar-refractivity contribution in [3.05, 3.63) is 72.9 Å². The van der Waals surface area contributed by atoms with Crippen LogP contribution in [0.2, 0.25) is 0 Å². The van der Waals surface area contributed by atoms with Gasteiger partial charge in [-0.3, -0.25) is 14.4 Å². The average Bonchev–Trinajstić information content (AvgIpc) is 3.28. The molecule has 0 radical (unpaired) electrons. The predicted molar refractivity (Wildman–Crippen MR) is 270 cm³/mol. The molecule has 0 aromatic carbocycles. The summed E-state index contributed by atoms with van der Waals surface area (Å²) >= 11 is 0. The van der Waals surface area contributed by atoms with E-state index < -0.39 is 6.10 Å². The molecule has 0 aliphatic carbocycles. The number of unbranched alkanes of at least 4 members (excludes halogenated alkanes) is 24. The lowest BCUT2D eigenvalue weighted by Gasteiger charge is -2.18. The number of carbonyl (C=O) groups is 3. The maximum atomic E-state index is 12.8. The van der Waals surface area contributed by atoms with Gasteiger partial charge in [-0.2, -0.15) is 0 Å². The Balaban J connectivity index is 4.40. The highest BCUT2D eigenvalue weighted by atomic mass is 16.6. The van der Waals surface area contributed by atoms with Gasteiger partial charge in [-0.05, 0) is 109 Å². The van der Waals surface area contributed by atoms with Crippen molar-refractivity contribution in [2.75, 3.05) is 13.2 Å². The molecule has 0 fully saturated rings. The molecule has 0 unspecified atom stereocenters. The minimum Gasteiger partial charge on any atom is -0.462 e. The van der Waals surface area contributed by atoms with Crippen molar-refractivity contribution < 1.29 is 28.6 Å². The van der Waals surface area contributed by atoms with Gasteiger partial charge in [0.2, 0.25) is 0 Å². The van der Waals surface area contributed by atoms with Crippen LogP contribution in [0.15, 0.2) is 72.9 Å². The van der Waals surface area contributed by atoms with Crippen LogP contribution in [0, 0.1) is 0 Å². The van der Waals surface area contributed by atoms with E-state index >= 15 is 0 Å². The van der Waals surface area contributed by atoms with Gasteiger partial charge in [-0.25, -0.2) is 0 Å². The second-order valence-electron chi connectivity index (χ2n) is 17.4. The number of hydrogen-bond donors (Lipinski definition) is 0. The summed E-state index contributed by atoms with van der Waals surface area (Å²) in [5, 5.41) is 0. The molecule has 6 nitrogen and oxygen atoms in total. The molecule has 0 aliphatic rings. The minimum atomic E-state index is -0.799. The van der Waals surface area contributed by atoms with Crippen molar-refractivity contribution in [2.24, 2.45) is 0 Å². The van der Waals surface area contributed by atoms with Crippen molar-refractivity contribution in [3.8, 4) is 0 Å². The summed E-state index contributed by atoms with van der Waals surface area (Å²) in [5.41, 5.74) is 0. The summed E-state index contributed by atoms with van der Waals surface area (Å²) in [6.07, 6.45) is 64.6. The van der Waals surface area contributed by atoms with E-state index in [9.17, 15) is 14.4 Å². The molecule has 0 N–H and O–H groups in total. The molecule has 0 saturated carbocycles. The standard InChI is InChI=1S/C57H98O6/c1-4-7-10-13-16-19-22-24-26-27-28-29-31-32-35-38-41-44-47-50-56(59)62-53-54(52-61-55(58)49-46-43-40-37-34-21-18-15-12-9-6-3)63-57(60)51-48-45-42-39-36-33-30-25-23-20-17-14-11-8-5-2/h15-20,24-26,30,36,39,54H,4-14,21-23,27-29,31-35,37-38,40-53H2,1-3H3/b18-15-,19-16-,20-17-,26-24-,30-25-,39-36-/t54-/m1/s1. The van der Waals surface area contributed by atoms with Crippen LogP contribution in [-0.4, -0.2) is 37.2 Å². The second kappa shape index (κ2) is 51.5. The SMILES string of the molecule is CCCC/C=C\CCCCCCCC(=O)OC[C@H](COC(=O)CCCCCCCCCCC/C=C\C/C=C\CCCCC)OC(=O)CCCC/C=C\C/C=C\C/C=C\CCCCC. The number of ether oxygens (including phenoxy) is 3. The Morgan fingerprint density at radius 1 is 0.317 bits per heavy atom. The van der Waals surface area contributed by atoms with Crippen LogP contribution in [-0.2, 0) is 28.6 Å². The van der Waals surface area contributed by atoms with Crippen molar-refractivity contribution in [3.63, 3.8) is 0 Å². The fraction of sp³-hybridized carbons (Fsp3) is 0.737. The molecule has 0 saturated heterocycles. The lowest BCUT2D eigenvalue weighted by Crippen LogP contribution is -2.30. The van der Waals surface area contributed by atoms with Gasteiger partial charge in [-0.1, -0.05) is 196 Å². The van der Waals surface area contributed by atoms with Crippen LogP contribution in [0.5, 0.6) is 0 Å². The van der Waals surface area contributed by atoms with Crippen LogP contribution < -0.4 is 0 Å². The summed E-state index contributed by atoms with van der Waals surface area (Å²) in [7, 11) is 0. The van der Waals surface area contributed by atoms with E-state index in [0.717, 1.165) is 83.5 Å². The summed E-state index contributed by atoms with van der Waals surface area (Å²) in [5.74, 6) is -0.947. The zero-order valence-corrected chi connectivity index (χ0v) is 41.3. The van der Waals surface area contributed by atoms with Crippen LogP contribution in [0.3, 0.4) is 0 Å². The second-order valence-corrected chi connectivity index (χ2v) is 17.4. The van der Waals surface area contributed by atoms with E-state index in [4.69, 9.17) is 14.2 Å². The van der Waals surface area contributed by atoms with E-state index in [1.165, 1.54) is 122 Å². The fourth-order valence-electron chi connectivity index (χ4n) is 7.11. The molecule has 0 rings (SSSR count). The van der Waals surface area contributed by atoms with Gasteiger partial charge in [0.05, 0.1) is 0 Å². The van der Waals surface area contributed by atoms with E-state index in [1.54, 1.807) is 0 Å². The highest BCUT2D eigenvalue weighted by molar-refractivity contribution is 5.71. The molecule has 0 aromatic rings. The zero-order valence-electron chi connectivity index (χ0n) is 41.3. The maximum Gasteiger partial charge on any atom is 0.306 e. The average molecular weight is 879 g/mol. The molecule has 0 amide bonds. The van der Waals surface area contributed by atoms with Gasteiger partial charge in [0.25, 0.3) is 0 Å². The Kier molecular flexibility index (Phi) is 48.9. The Labute approximate surface area is 389 Å². The van der Waals surface area contributed by atoms with Crippen molar-refractivity contribution >= 4 is 17.9 Å². The molecule has 0 spiro atoms. The molecule has 6 heteroatoms. The molecule has 1 atom stereocenters. The third-order valence-corrected chi connectivity index (χ3v) is 11.2. The maximum absolute atomic E-state index is 12.8. The number of carbonyl (C=O) groups excluding carboxylic acids is 3. The summed E-state index contributed by atoms with van der Waals surface area (Å²) in [6.45, 7) is 6.50. The highest BCUT2D eigenvalue weighted by Crippen LogP contribution is 2.14. The van der Waals surface area contributed by atoms with E-state index in [1.807, 2.05) is 0 Å². The van der Waals surface area contributed by atoms with Crippen molar-refractivity contribution in [1.29, 1.82) is 0 Å². The Morgan fingerprint density at radius 2 is 0.587 bits per heavy atom. The van der Waals surface area contributed by atoms with E-state index in [0.29, 0.717) is 19.3 Å². The number of esters is 3. The summed E-state index contributed by atoms with van der Waals surface area (Å²) < 4.78 is 16.8. The zero-order chi connectivity index (χ0) is 45.8. The fourth-order valence-corrected chi connectivity index (χ4v) is 7.11. The van der Waals surface area contributed by atoms with Gasteiger partial charge in [-0.15, -0.1) is 0 Å². The number of hydrogen-bond acceptors (Lipinski definition) is 6. The van der Waals surface area contributed by atoms with E-state index in [2.05, 4.69) is 93.7 Å². The highest BCUT2D eigenvalue weighted by Gasteiger charge is 2.19. The Morgan fingerprint density at radius 3 is 0.984 bits per heavy atom. The molecular formula is C57H98O6. The van der Waals surface area contributed by atoms with Gasteiger partial charge in [0.15, 0.2) is 6.10 Å². The van der Waals surface area contributed by atoms with Crippen LogP contribution in [0.1, 0.15) is 252 Å². The quantitative estimate of drug-likeness (QED) is 0.0262. The molecule has 362 valence electrons. The Bertz CT molecular complexity index is 1190. The summed E-state index contributed by atoms with van der Waals surface area (Å²) in [6, 6.07) is 0. The lowest BCUT2D eigenvalue weighted by molar-refractivity contribution is -0.167. The van der Waals surface area contributed by atoms with Gasteiger partial charge in [0.1, 0.15) is 13.2 Å². The van der Waals surface area contributed by atoms with Crippen LogP contribution >= 0.6 is 0 Å². The van der Waals surface area contributed by atoms with Crippen molar-refractivity contribution in [1.82, 2.24) is 0 Å². The molecule has 0 bridgehead atoms. The molecule has 0 aromatic heterocycles. The first-order chi connectivity index (χ1) is 31.0. The predicted octanol–water partition coefficient (Wildman–Crippen LogP) is 17.4. The smallest absolute Gasteiger partial charge is 0.306 e. The third-order valence-electron chi connectivity index (χ3n) is 11.2. The van der Waals surface area contributed by atoms with Gasteiger partial charge < -0.3 is 14.2 Å². The van der Waals surface area contributed by atoms with Crippen LogP contribution in [0.4, 0.5) is 0 Å². The summed E-state index contributed by atoms with van der Waals surface area (Å²) in [4.78, 5) is 38.0. The minimum absolute atomic E-state index is 0.0956. The van der Waals surface area contributed by atoms with Gasteiger partial charge in [0, 0.05) is 19.3 Å². The number of allylic oxidation sites excluding steroid dienone is 12. The van der Waals surface area contributed by atoms with E-state index in [-0.39, 0.29) is 37.5 Å². The molecule has 0 aliphatic heterocycles. The number of rotatable bonds is 47. The monoisotopic (exact) mass is 879 g/mol. The topological polar surface area (TPSA) is 78.9 Å². The molecular weight excluding hydrogens is 781 g/mol. The molecule has 63 heavy (non-hydrogen) atoms. The lowest BCUT2D eigenvalue weighted by atomic mass is 10.1. The normalized spacial score (nSPS) is 12.6. The Hall–Kier alpha value is -3.15. The first-order valence-corrected chi connectivity index (χ1v) is 26.4.